The molecule has 78 valence electrons. The van der Waals surface area contributed by atoms with E-state index >= 15 is 0 Å². The van der Waals surface area contributed by atoms with Crippen molar-refractivity contribution in [1.29, 1.82) is 0 Å². The third-order valence-corrected chi connectivity index (χ3v) is 2.92. The molecule has 0 fully saturated rings. The maximum absolute atomic E-state index is 6.02. The van der Waals surface area contributed by atoms with Crippen molar-refractivity contribution in [3.63, 3.8) is 0 Å². The summed E-state index contributed by atoms with van der Waals surface area (Å²) in [6, 6.07) is 18.3. The second kappa shape index (κ2) is 3.69. The molecule has 0 aliphatic rings. The number of aromatic nitrogens is 1. The standard InChI is InChI=1S/C14H10ClN/c15-12-7-6-11-8-9-16(14(11)10-12)13-4-2-1-3-5-13/h1-10H. The van der Waals surface area contributed by atoms with Crippen molar-refractivity contribution in [3.05, 3.63) is 65.8 Å². The van der Waals surface area contributed by atoms with E-state index in [9.17, 15) is 0 Å². The smallest absolute Gasteiger partial charge is 0.0543 e. The van der Waals surface area contributed by atoms with E-state index in [-0.39, 0.29) is 0 Å². The van der Waals surface area contributed by atoms with Crippen molar-refractivity contribution in [2.45, 2.75) is 0 Å². The normalized spacial score (nSPS) is 10.8. The predicted octanol–water partition coefficient (Wildman–Crippen LogP) is 4.28. The van der Waals surface area contributed by atoms with Crippen molar-refractivity contribution in [2.75, 3.05) is 0 Å². The van der Waals surface area contributed by atoms with Gasteiger partial charge >= 0.3 is 0 Å². The number of halogens is 1. The topological polar surface area (TPSA) is 4.93 Å². The van der Waals surface area contributed by atoms with Crippen LogP contribution in [0.15, 0.2) is 60.8 Å². The van der Waals surface area contributed by atoms with Crippen LogP contribution in [0.2, 0.25) is 5.02 Å². The van der Waals surface area contributed by atoms with Gasteiger partial charge in [0.05, 0.1) is 5.52 Å². The molecule has 3 rings (SSSR count). The highest BCUT2D eigenvalue weighted by Gasteiger charge is 2.02. The van der Waals surface area contributed by atoms with Gasteiger partial charge in [-0.1, -0.05) is 35.9 Å². The molecule has 2 heteroatoms. The molecule has 3 aromatic rings. The van der Waals surface area contributed by atoms with Crippen LogP contribution in [0.4, 0.5) is 0 Å². The van der Waals surface area contributed by atoms with Gasteiger partial charge in [-0.3, -0.25) is 0 Å². The molecule has 1 nitrogen and oxygen atoms in total. The molecule has 16 heavy (non-hydrogen) atoms. The molecule has 2 aromatic carbocycles. The first kappa shape index (κ1) is 9.49. The number of para-hydroxylation sites is 1. The van der Waals surface area contributed by atoms with Gasteiger partial charge in [0.25, 0.3) is 0 Å². The summed E-state index contributed by atoms with van der Waals surface area (Å²) in [6.07, 6.45) is 2.07. The van der Waals surface area contributed by atoms with Gasteiger partial charge in [0.2, 0.25) is 0 Å². The summed E-state index contributed by atoms with van der Waals surface area (Å²) in [5.41, 5.74) is 2.29. The van der Waals surface area contributed by atoms with E-state index in [1.165, 1.54) is 5.39 Å². The van der Waals surface area contributed by atoms with Gasteiger partial charge < -0.3 is 4.57 Å². The minimum absolute atomic E-state index is 0.767. The summed E-state index contributed by atoms with van der Waals surface area (Å²) in [5, 5.41) is 1.97. The molecule has 0 amide bonds. The molecule has 0 bridgehead atoms. The number of fused-ring (bicyclic) bond motifs is 1. The Morgan fingerprint density at radius 1 is 0.875 bits per heavy atom. The van der Waals surface area contributed by atoms with Crippen LogP contribution in [0.1, 0.15) is 0 Å². The largest absolute Gasteiger partial charge is 0.317 e. The van der Waals surface area contributed by atoms with Gasteiger partial charge in [0.15, 0.2) is 0 Å². The summed E-state index contributed by atoms with van der Waals surface area (Å²) in [5.74, 6) is 0. The first-order valence-electron chi connectivity index (χ1n) is 5.17. The number of hydrogen-bond donors (Lipinski definition) is 0. The first-order valence-corrected chi connectivity index (χ1v) is 5.54. The van der Waals surface area contributed by atoms with E-state index < -0.39 is 0 Å². The summed E-state index contributed by atoms with van der Waals surface area (Å²) >= 11 is 6.02. The van der Waals surface area contributed by atoms with E-state index in [1.54, 1.807) is 0 Å². The Labute approximate surface area is 98.9 Å². The van der Waals surface area contributed by atoms with Crippen LogP contribution in [0.3, 0.4) is 0 Å². The first-order chi connectivity index (χ1) is 7.84. The van der Waals surface area contributed by atoms with Gasteiger partial charge in [-0.15, -0.1) is 0 Å². The molecule has 0 radical (unpaired) electrons. The zero-order valence-electron chi connectivity index (χ0n) is 8.60. The maximum Gasteiger partial charge on any atom is 0.0543 e. The molecule has 0 spiro atoms. The summed E-state index contributed by atoms with van der Waals surface area (Å²) in [4.78, 5) is 0. The maximum atomic E-state index is 6.02. The SMILES string of the molecule is Clc1ccc2ccn(-c3ccccc3)c2c1. The van der Waals surface area contributed by atoms with Gasteiger partial charge in [-0.25, -0.2) is 0 Å². The highest BCUT2D eigenvalue weighted by molar-refractivity contribution is 6.31. The second-order valence-corrected chi connectivity index (χ2v) is 4.16. The molecule has 0 aliphatic carbocycles. The van der Waals surface area contributed by atoms with E-state index in [1.807, 2.05) is 36.4 Å². The van der Waals surface area contributed by atoms with Crippen LogP contribution < -0.4 is 0 Å². The lowest BCUT2D eigenvalue weighted by Gasteiger charge is -2.04. The number of rotatable bonds is 1. The minimum Gasteiger partial charge on any atom is -0.317 e. The highest BCUT2D eigenvalue weighted by Crippen LogP contribution is 2.23. The Hall–Kier alpha value is -1.73. The molecular weight excluding hydrogens is 218 g/mol. The van der Waals surface area contributed by atoms with Crippen molar-refractivity contribution < 1.29 is 0 Å². The Kier molecular flexibility index (Phi) is 2.19. The van der Waals surface area contributed by atoms with Crippen molar-refractivity contribution in [1.82, 2.24) is 4.57 Å². The van der Waals surface area contributed by atoms with Crippen molar-refractivity contribution in [2.24, 2.45) is 0 Å². The monoisotopic (exact) mass is 227 g/mol. The molecule has 0 saturated carbocycles. The van der Waals surface area contributed by atoms with Crippen LogP contribution in [0.5, 0.6) is 0 Å². The predicted molar refractivity (Wildman–Crippen MR) is 68.3 cm³/mol. The van der Waals surface area contributed by atoms with Gasteiger partial charge in [0, 0.05) is 22.3 Å². The average Bonchev–Trinajstić information content (AvgIpc) is 2.73. The van der Waals surface area contributed by atoms with Crippen LogP contribution in [-0.2, 0) is 0 Å². The quantitative estimate of drug-likeness (QED) is 0.585. The Balaban J connectivity index is 2.29. The van der Waals surface area contributed by atoms with Gasteiger partial charge in [-0.05, 0) is 30.3 Å². The van der Waals surface area contributed by atoms with E-state index in [4.69, 9.17) is 11.6 Å². The van der Waals surface area contributed by atoms with E-state index in [2.05, 4.69) is 29.0 Å². The molecule has 0 saturated heterocycles. The fourth-order valence-electron chi connectivity index (χ4n) is 1.92. The zero-order chi connectivity index (χ0) is 11.0. The molecule has 1 aromatic heterocycles. The Morgan fingerprint density at radius 2 is 1.69 bits per heavy atom. The summed E-state index contributed by atoms with van der Waals surface area (Å²) in [7, 11) is 0. The van der Waals surface area contributed by atoms with Crippen LogP contribution in [0.25, 0.3) is 16.6 Å². The van der Waals surface area contributed by atoms with E-state index in [0.29, 0.717) is 0 Å². The number of hydrogen-bond acceptors (Lipinski definition) is 0. The van der Waals surface area contributed by atoms with Crippen molar-refractivity contribution >= 4 is 22.5 Å². The fraction of sp³-hybridized carbons (Fsp3) is 0. The third kappa shape index (κ3) is 1.50. The van der Waals surface area contributed by atoms with Crippen LogP contribution in [-0.4, -0.2) is 4.57 Å². The highest BCUT2D eigenvalue weighted by atomic mass is 35.5. The lowest BCUT2D eigenvalue weighted by molar-refractivity contribution is 1.13. The zero-order valence-corrected chi connectivity index (χ0v) is 9.35. The van der Waals surface area contributed by atoms with E-state index in [0.717, 1.165) is 16.2 Å². The summed E-state index contributed by atoms with van der Waals surface area (Å²) in [6.45, 7) is 0. The second-order valence-electron chi connectivity index (χ2n) is 3.72. The lowest BCUT2D eigenvalue weighted by Crippen LogP contribution is -1.90. The minimum atomic E-state index is 0.767. The Morgan fingerprint density at radius 3 is 2.50 bits per heavy atom. The molecule has 0 aliphatic heterocycles. The van der Waals surface area contributed by atoms with Gasteiger partial charge in [-0.2, -0.15) is 0 Å². The summed E-state index contributed by atoms with van der Waals surface area (Å²) < 4.78 is 2.14. The molecule has 0 N–H and O–H groups in total. The lowest BCUT2D eigenvalue weighted by atomic mass is 10.2. The molecule has 1 heterocycles. The third-order valence-electron chi connectivity index (χ3n) is 2.69. The fourth-order valence-corrected chi connectivity index (χ4v) is 2.08. The molecular formula is C14H10ClN. The average molecular weight is 228 g/mol. The Bertz CT molecular complexity index is 626. The molecule has 0 atom stereocenters. The number of benzene rings is 2. The number of nitrogens with zero attached hydrogens (tertiary/aromatic N) is 1. The van der Waals surface area contributed by atoms with Gasteiger partial charge in [0.1, 0.15) is 0 Å². The van der Waals surface area contributed by atoms with Crippen molar-refractivity contribution in [3.8, 4) is 5.69 Å². The van der Waals surface area contributed by atoms with Crippen LogP contribution >= 0.6 is 11.6 Å². The van der Waals surface area contributed by atoms with Crippen LogP contribution in [0, 0.1) is 0 Å². The molecule has 0 unspecified atom stereocenters.